The molecule has 2 atom stereocenters. The number of carboxylic acid groups (broad SMARTS) is 1. The lowest BCUT2D eigenvalue weighted by Crippen LogP contribution is -2.26. The first-order valence-corrected chi connectivity index (χ1v) is 6.55. The van der Waals surface area contributed by atoms with E-state index in [1.807, 2.05) is 0 Å². The second kappa shape index (κ2) is 4.35. The molecule has 1 N–H and O–H groups in total. The number of carboxylic acids is 1. The molecule has 2 aliphatic rings. The molecule has 1 fully saturated rings. The molecule has 0 bridgehead atoms. The van der Waals surface area contributed by atoms with E-state index in [0.717, 1.165) is 43.9 Å². The lowest BCUT2D eigenvalue weighted by Gasteiger charge is -2.19. The highest BCUT2D eigenvalue weighted by atomic mass is 16.4. The highest BCUT2D eigenvalue weighted by molar-refractivity contribution is 5.71. The zero-order chi connectivity index (χ0) is 12.7. The van der Waals surface area contributed by atoms with Crippen molar-refractivity contribution < 1.29 is 9.90 Å². The van der Waals surface area contributed by atoms with Crippen LogP contribution in [0.1, 0.15) is 49.4 Å². The molecule has 0 aromatic carbocycles. The highest BCUT2D eigenvalue weighted by Crippen LogP contribution is 2.31. The van der Waals surface area contributed by atoms with Gasteiger partial charge in [0.05, 0.1) is 6.04 Å². The first-order chi connectivity index (χ1) is 8.66. The van der Waals surface area contributed by atoms with E-state index in [2.05, 4.69) is 22.0 Å². The van der Waals surface area contributed by atoms with Gasteiger partial charge in [-0.05, 0) is 39.3 Å². The first-order valence-electron chi connectivity index (χ1n) is 6.55. The minimum absolute atomic E-state index is 0.262. The average molecular weight is 250 g/mol. The summed E-state index contributed by atoms with van der Waals surface area (Å²) in [6.07, 6.45) is 4.61. The van der Waals surface area contributed by atoms with Crippen molar-refractivity contribution in [3.63, 3.8) is 0 Å². The smallest absolute Gasteiger partial charge is 0.328 e. The van der Waals surface area contributed by atoms with Gasteiger partial charge < -0.3 is 5.11 Å². The third-order valence-electron chi connectivity index (χ3n) is 3.99. The van der Waals surface area contributed by atoms with Crippen LogP contribution >= 0.6 is 0 Å². The number of aromatic nitrogens is 3. The van der Waals surface area contributed by atoms with Crippen molar-refractivity contribution in [3.05, 3.63) is 11.6 Å². The Balaban J connectivity index is 1.93. The van der Waals surface area contributed by atoms with Crippen molar-refractivity contribution in [1.29, 1.82) is 0 Å². The molecule has 1 aromatic heterocycles. The Bertz CT molecular complexity index is 471. The summed E-state index contributed by atoms with van der Waals surface area (Å²) in [5.74, 6) is 0.842. The van der Waals surface area contributed by atoms with E-state index in [4.69, 9.17) is 0 Å². The maximum Gasteiger partial charge on any atom is 0.328 e. The van der Waals surface area contributed by atoms with E-state index in [1.54, 1.807) is 4.68 Å². The summed E-state index contributed by atoms with van der Waals surface area (Å²) in [7, 11) is 2.08. The molecule has 3 rings (SSSR count). The average Bonchev–Trinajstić information content (AvgIpc) is 2.92. The largest absolute Gasteiger partial charge is 0.480 e. The van der Waals surface area contributed by atoms with Crippen LogP contribution in [0.4, 0.5) is 0 Å². The highest BCUT2D eigenvalue weighted by Gasteiger charge is 2.32. The number of aryl methyl sites for hydroxylation is 1. The lowest BCUT2D eigenvalue weighted by molar-refractivity contribution is -0.141. The van der Waals surface area contributed by atoms with Crippen molar-refractivity contribution in [2.75, 3.05) is 13.6 Å². The minimum atomic E-state index is -0.799. The van der Waals surface area contributed by atoms with Gasteiger partial charge >= 0.3 is 5.97 Å². The zero-order valence-electron chi connectivity index (χ0n) is 10.5. The van der Waals surface area contributed by atoms with Crippen LogP contribution in [0.25, 0.3) is 0 Å². The number of hydrogen-bond donors (Lipinski definition) is 1. The second-order valence-electron chi connectivity index (χ2n) is 5.22. The molecule has 1 saturated heterocycles. The first kappa shape index (κ1) is 11.6. The van der Waals surface area contributed by atoms with Gasteiger partial charge in [-0.25, -0.2) is 14.5 Å². The molecule has 98 valence electrons. The molecular formula is C12H18N4O2. The van der Waals surface area contributed by atoms with Crippen molar-refractivity contribution in [1.82, 2.24) is 19.7 Å². The molecule has 6 heteroatoms. The second-order valence-corrected chi connectivity index (χ2v) is 5.22. The molecule has 0 radical (unpaired) electrons. The SMILES string of the molecule is CN1CCCC1c1nc2n(n1)C(C(=O)O)CCC2. The third kappa shape index (κ3) is 1.80. The Hall–Kier alpha value is -1.43. The Morgan fingerprint density at radius 3 is 2.89 bits per heavy atom. The van der Waals surface area contributed by atoms with E-state index in [1.165, 1.54) is 0 Å². The number of fused-ring (bicyclic) bond motifs is 1. The Morgan fingerprint density at radius 2 is 2.22 bits per heavy atom. The number of likely N-dealkylation sites (tertiary alicyclic amines) is 1. The topological polar surface area (TPSA) is 71.2 Å². The summed E-state index contributed by atoms with van der Waals surface area (Å²) in [6, 6.07) is -0.265. The minimum Gasteiger partial charge on any atom is -0.480 e. The molecule has 2 unspecified atom stereocenters. The summed E-state index contributed by atoms with van der Waals surface area (Å²) < 4.78 is 1.63. The van der Waals surface area contributed by atoms with Crippen LogP contribution in [0.2, 0.25) is 0 Å². The molecular weight excluding hydrogens is 232 g/mol. The van der Waals surface area contributed by atoms with Crippen LogP contribution in [0.15, 0.2) is 0 Å². The van der Waals surface area contributed by atoms with Gasteiger partial charge in [-0.3, -0.25) is 4.90 Å². The van der Waals surface area contributed by atoms with Crippen LogP contribution in [0, 0.1) is 0 Å². The maximum atomic E-state index is 11.2. The van der Waals surface area contributed by atoms with E-state index in [0.29, 0.717) is 6.42 Å². The van der Waals surface area contributed by atoms with Gasteiger partial charge in [0.1, 0.15) is 5.82 Å². The molecule has 0 aliphatic carbocycles. The fourth-order valence-electron chi connectivity index (χ4n) is 2.98. The monoisotopic (exact) mass is 250 g/mol. The predicted molar refractivity (Wildman–Crippen MR) is 64.2 cm³/mol. The van der Waals surface area contributed by atoms with E-state index < -0.39 is 12.0 Å². The third-order valence-corrected chi connectivity index (χ3v) is 3.99. The molecule has 0 amide bonds. The normalized spacial score (nSPS) is 28.3. The Morgan fingerprint density at radius 1 is 1.39 bits per heavy atom. The van der Waals surface area contributed by atoms with Gasteiger partial charge in [0, 0.05) is 6.42 Å². The van der Waals surface area contributed by atoms with Crippen molar-refractivity contribution in [3.8, 4) is 0 Å². The molecule has 0 spiro atoms. The van der Waals surface area contributed by atoms with Gasteiger partial charge in [-0.1, -0.05) is 0 Å². The molecule has 6 nitrogen and oxygen atoms in total. The van der Waals surface area contributed by atoms with Crippen LogP contribution in [0.3, 0.4) is 0 Å². The van der Waals surface area contributed by atoms with Crippen LogP contribution < -0.4 is 0 Å². The van der Waals surface area contributed by atoms with Crippen LogP contribution in [-0.2, 0) is 11.2 Å². The van der Waals surface area contributed by atoms with E-state index >= 15 is 0 Å². The number of carbonyl (C=O) groups is 1. The standard InChI is InChI=1S/C12H18N4O2/c1-15-7-3-5-8(15)11-13-10-6-2-4-9(12(17)18)16(10)14-11/h8-9H,2-7H2,1H3,(H,17,18). The molecule has 18 heavy (non-hydrogen) atoms. The van der Waals surface area contributed by atoms with Gasteiger partial charge in [-0.2, -0.15) is 5.10 Å². The quantitative estimate of drug-likeness (QED) is 0.848. The molecule has 1 aromatic rings. The Labute approximate surface area is 106 Å². The van der Waals surface area contributed by atoms with Gasteiger partial charge in [0.2, 0.25) is 0 Å². The summed E-state index contributed by atoms with van der Waals surface area (Å²) in [4.78, 5) is 18.0. The van der Waals surface area contributed by atoms with Crippen LogP contribution in [-0.4, -0.2) is 44.3 Å². The molecule has 0 saturated carbocycles. The fraction of sp³-hybridized carbons (Fsp3) is 0.750. The number of rotatable bonds is 2. The van der Waals surface area contributed by atoms with E-state index in [-0.39, 0.29) is 6.04 Å². The van der Waals surface area contributed by atoms with Gasteiger partial charge in [-0.15, -0.1) is 0 Å². The van der Waals surface area contributed by atoms with Crippen molar-refractivity contribution >= 4 is 5.97 Å². The molecule has 3 heterocycles. The van der Waals surface area contributed by atoms with Gasteiger partial charge in [0.15, 0.2) is 11.9 Å². The Kier molecular flexibility index (Phi) is 2.81. The predicted octanol–water partition coefficient (Wildman–Crippen LogP) is 1.01. The van der Waals surface area contributed by atoms with Crippen LogP contribution in [0.5, 0.6) is 0 Å². The summed E-state index contributed by atoms with van der Waals surface area (Å²) in [6.45, 7) is 1.07. The number of nitrogens with zero attached hydrogens (tertiary/aromatic N) is 4. The fourth-order valence-corrected chi connectivity index (χ4v) is 2.98. The van der Waals surface area contributed by atoms with Crippen molar-refractivity contribution in [2.45, 2.75) is 44.2 Å². The summed E-state index contributed by atoms with van der Waals surface area (Å²) in [5, 5.41) is 13.7. The van der Waals surface area contributed by atoms with E-state index in [9.17, 15) is 9.90 Å². The zero-order valence-corrected chi connectivity index (χ0v) is 10.5. The maximum absolute atomic E-state index is 11.2. The van der Waals surface area contributed by atoms with Crippen molar-refractivity contribution in [2.24, 2.45) is 0 Å². The lowest BCUT2D eigenvalue weighted by atomic mass is 10.1. The van der Waals surface area contributed by atoms with Gasteiger partial charge in [0.25, 0.3) is 0 Å². The summed E-state index contributed by atoms with van der Waals surface area (Å²) in [5.41, 5.74) is 0. The number of hydrogen-bond acceptors (Lipinski definition) is 4. The summed E-state index contributed by atoms with van der Waals surface area (Å²) >= 11 is 0. The molecule has 2 aliphatic heterocycles. The number of aliphatic carboxylic acids is 1.